The van der Waals surface area contributed by atoms with E-state index in [-0.39, 0.29) is 11.9 Å². The minimum Gasteiger partial charge on any atom is -0.392 e. The molecule has 0 aromatic carbocycles. The first kappa shape index (κ1) is 12.8. The molecule has 4 heteroatoms. The van der Waals surface area contributed by atoms with Crippen molar-refractivity contribution in [1.82, 2.24) is 4.90 Å². The van der Waals surface area contributed by atoms with E-state index >= 15 is 0 Å². The Labute approximate surface area is 109 Å². The zero-order chi connectivity index (χ0) is 12.6. The van der Waals surface area contributed by atoms with Gasteiger partial charge in [-0.2, -0.15) is 0 Å². The molecule has 2 saturated carbocycles. The zero-order valence-corrected chi connectivity index (χ0v) is 11.5. The summed E-state index contributed by atoms with van der Waals surface area (Å²) in [5.74, 6) is 2.51. The molecular weight excluding hydrogens is 232 g/mol. The summed E-state index contributed by atoms with van der Waals surface area (Å²) in [6.07, 6.45) is 6.01. The molecule has 0 heterocycles. The number of nitrogens with zero attached hydrogens (tertiary/aromatic N) is 1. The van der Waals surface area contributed by atoms with Gasteiger partial charge in [0.1, 0.15) is 0 Å². The van der Waals surface area contributed by atoms with Crippen molar-refractivity contribution in [2.75, 3.05) is 7.05 Å². The van der Waals surface area contributed by atoms with Gasteiger partial charge in [0.15, 0.2) is 0 Å². The van der Waals surface area contributed by atoms with Crippen LogP contribution in [0.25, 0.3) is 0 Å². The van der Waals surface area contributed by atoms with Crippen LogP contribution >= 0.6 is 12.2 Å². The van der Waals surface area contributed by atoms with E-state index in [1.165, 1.54) is 25.7 Å². The van der Waals surface area contributed by atoms with Crippen LogP contribution in [0.5, 0.6) is 0 Å². The molecule has 2 rings (SSSR count). The van der Waals surface area contributed by atoms with Gasteiger partial charge in [0.05, 0.1) is 11.0 Å². The molecule has 17 heavy (non-hydrogen) atoms. The van der Waals surface area contributed by atoms with Crippen molar-refractivity contribution in [1.29, 1.82) is 0 Å². The second-order valence-corrected chi connectivity index (χ2v) is 6.19. The van der Waals surface area contributed by atoms with Crippen LogP contribution in [0.4, 0.5) is 0 Å². The average molecular weight is 254 g/mol. The van der Waals surface area contributed by atoms with Crippen LogP contribution in [0.2, 0.25) is 0 Å². The largest absolute Gasteiger partial charge is 0.392 e. The van der Waals surface area contributed by atoms with E-state index in [1.807, 2.05) is 6.92 Å². The Bertz CT molecular complexity index is 331. The molecule has 0 radical (unpaired) electrons. The van der Waals surface area contributed by atoms with Gasteiger partial charge in [-0.3, -0.25) is 4.79 Å². The molecule has 2 N–H and O–H groups in total. The van der Waals surface area contributed by atoms with Gasteiger partial charge in [0, 0.05) is 13.5 Å². The normalized spacial score (nSPS) is 32.5. The van der Waals surface area contributed by atoms with E-state index in [0.29, 0.717) is 17.3 Å². The van der Waals surface area contributed by atoms with Gasteiger partial charge in [-0.15, -0.1) is 0 Å². The highest BCUT2D eigenvalue weighted by Crippen LogP contribution is 2.49. The Morgan fingerprint density at radius 1 is 1.47 bits per heavy atom. The summed E-state index contributed by atoms with van der Waals surface area (Å²) in [5.41, 5.74) is 5.58. The van der Waals surface area contributed by atoms with Crippen LogP contribution in [-0.4, -0.2) is 28.9 Å². The molecule has 4 atom stereocenters. The van der Waals surface area contributed by atoms with Crippen molar-refractivity contribution in [3.63, 3.8) is 0 Å². The maximum Gasteiger partial charge on any atom is 0.223 e. The van der Waals surface area contributed by atoms with E-state index in [1.54, 1.807) is 11.9 Å². The van der Waals surface area contributed by atoms with Crippen LogP contribution in [-0.2, 0) is 4.79 Å². The van der Waals surface area contributed by atoms with Gasteiger partial charge in [0.25, 0.3) is 0 Å². The Balaban J connectivity index is 1.87. The summed E-state index contributed by atoms with van der Waals surface area (Å²) in [7, 11) is 1.80. The van der Waals surface area contributed by atoms with E-state index in [2.05, 4.69) is 0 Å². The number of amides is 1. The highest BCUT2D eigenvalue weighted by molar-refractivity contribution is 7.80. The predicted octanol–water partition coefficient (Wildman–Crippen LogP) is 1.95. The summed E-state index contributed by atoms with van der Waals surface area (Å²) in [6, 6.07) is -0.129. The maximum atomic E-state index is 12.1. The lowest BCUT2D eigenvalue weighted by molar-refractivity contribution is -0.132. The first-order valence-electron chi connectivity index (χ1n) is 6.54. The molecule has 2 aliphatic carbocycles. The number of fused-ring (bicyclic) bond motifs is 2. The van der Waals surface area contributed by atoms with Crippen LogP contribution < -0.4 is 5.73 Å². The highest BCUT2D eigenvalue weighted by Gasteiger charge is 2.40. The lowest BCUT2D eigenvalue weighted by Crippen LogP contribution is -2.43. The lowest BCUT2D eigenvalue weighted by Gasteiger charge is -2.27. The second-order valence-electron chi connectivity index (χ2n) is 5.72. The van der Waals surface area contributed by atoms with Gasteiger partial charge >= 0.3 is 0 Å². The molecule has 96 valence electrons. The number of thiocarbonyl (C=S) groups is 1. The van der Waals surface area contributed by atoms with Crippen molar-refractivity contribution in [2.45, 2.75) is 45.1 Å². The Kier molecular flexibility index (Phi) is 3.71. The standard InChI is InChI=1S/C13H22N2OS/c1-8(13(14)17)15(2)12(16)7-11-6-9-3-4-10(11)5-9/h8-11H,3-7H2,1-2H3,(H2,14,17). The van der Waals surface area contributed by atoms with Crippen molar-refractivity contribution in [3.05, 3.63) is 0 Å². The first-order valence-corrected chi connectivity index (χ1v) is 6.94. The van der Waals surface area contributed by atoms with Gasteiger partial charge in [-0.25, -0.2) is 0 Å². The zero-order valence-electron chi connectivity index (χ0n) is 10.7. The smallest absolute Gasteiger partial charge is 0.223 e. The number of likely N-dealkylation sites (N-methyl/N-ethyl adjacent to an activating group) is 1. The first-order chi connectivity index (χ1) is 7.99. The van der Waals surface area contributed by atoms with E-state index in [9.17, 15) is 4.79 Å². The van der Waals surface area contributed by atoms with E-state index < -0.39 is 0 Å². The van der Waals surface area contributed by atoms with Crippen molar-refractivity contribution < 1.29 is 4.79 Å². The maximum absolute atomic E-state index is 12.1. The van der Waals surface area contributed by atoms with Crippen LogP contribution in [0.15, 0.2) is 0 Å². The lowest BCUT2D eigenvalue weighted by atomic mass is 9.86. The summed E-state index contributed by atoms with van der Waals surface area (Å²) >= 11 is 4.93. The monoisotopic (exact) mass is 254 g/mol. The number of hydrogen-bond acceptors (Lipinski definition) is 2. The highest BCUT2D eigenvalue weighted by atomic mass is 32.1. The van der Waals surface area contributed by atoms with Crippen molar-refractivity contribution in [2.24, 2.45) is 23.5 Å². The molecule has 4 unspecified atom stereocenters. The fraction of sp³-hybridized carbons (Fsp3) is 0.846. The van der Waals surface area contributed by atoms with Crippen LogP contribution in [0.3, 0.4) is 0 Å². The summed E-state index contributed by atoms with van der Waals surface area (Å²) in [4.78, 5) is 14.2. The van der Waals surface area contributed by atoms with Crippen LogP contribution in [0.1, 0.15) is 39.0 Å². The third kappa shape index (κ3) is 2.62. The topological polar surface area (TPSA) is 46.3 Å². The second kappa shape index (κ2) is 4.92. The van der Waals surface area contributed by atoms with Gasteiger partial charge in [0.2, 0.25) is 5.91 Å². The Hall–Kier alpha value is -0.640. The third-order valence-electron chi connectivity index (χ3n) is 4.71. The van der Waals surface area contributed by atoms with E-state index in [4.69, 9.17) is 18.0 Å². The van der Waals surface area contributed by atoms with Gasteiger partial charge in [-0.05, 0) is 43.9 Å². The van der Waals surface area contributed by atoms with Crippen LogP contribution in [0, 0.1) is 17.8 Å². The number of carbonyl (C=O) groups excluding carboxylic acids is 1. The minimum atomic E-state index is -0.129. The third-order valence-corrected chi connectivity index (χ3v) is 5.05. The van der Waals surface area contributed by atoms with E-state index in [0.717, 1.165) is 11.8 Å². The van der Waals surface area contributed by atoms with Gasteiger partial charge in [-0.1, -0.05) is 18.6 Å². The Morgan fingerprint density at radius 3 is 2.65 bits per heavy atom. The molecule has 0 saturated heterocycles. The number of hydrogen-bond donors (Lipinski definition) is 1. The molecule has 2 aliphatic rings. The average Bonchev–Trinajstić information content (AvgIpc) is 2.88. The fourth-order valence-electron chi connectivity index (χ4n) is 3.40. The number of rotatable bonds is 4. The molecule has 2 bridgehead atoms. The fourth-order valence-corrected chi connectivity index (χ4v) is 3.56. The predicted molar refractivity (Wildman–Crippen MR) is 72.6 cm³/mol. The molecule has 2 fully saturated rings. The number of nitrogens with two attached hydrogens (primary N) is 1. The molecule has 0 spiro atoms. The Morgan fingerprint density at radius 2 is 2.18 bits per heavy atom. The van der Waals surface area contributed by atoms with Gasteiger partial charge < -0.3 is 10.6 Å². The molecular formula is C13H22N2OS. The summed E-state index contributed by atoms with van der Waals surface area (Å²) < 4.78 is 0. The molecule has 3 nitrogen and oxygen atoms in total. The summed E-state index contributed by atoms with van der Waals surface area (Å²) in [6.45, 7) is 1.89. The molecule has 1 amide bonds. The SMILES string of the molecule is CC(C(N)=S)N(C)C(=O)CC1CC2CCC1C2. The minimum absolute atomic E-state index is 0.129. The number of carbonyl (C=O) groups is 1. The molecule has 0 aromatic heterocycles. The summed E-state index contributed by atoms with van der Waals surface area (Å²) in [5, 5.41) is 0. The molecule has 0 aliphatic heterocycles. The molecule has 0 aromatic rings. The quantitative estimate of drug-likeness (QED) is 0.780. The van der Waals surface area contributed by atoms with Crippen molar-refractivity contribution in [3.8, 4) is 0 Å². The van der Waals surface area contributed by atoms with Crippen molar-refractivity contribution >= 4 is 23.1 Å².